The Labute approximate surface area is 161 Å². The largest absolute Gasteiger partial charge is 0.496 e. The fraction of sp³-hybridized carbons (Fsp3) is 0.619. The number of piperazine rings is 1. The van der Waals surface area contributed by atoms with E-state index in [0.29, 0.717) is 12.3 Å². The molecule has 2 amide bonds. The highest BCUT2D eigenvalue weighted by molar-refractivity contribution is 5.77. The van der Waals surface area contributed by atoms with Crippen molar-refractivity contribution in [2.45, 2.75) is 38.6 Å². The Morgan fingerprint density at radius 2 is 1.93 bits per heavy atom. The third-order valence-electron chi connectivity index (χ3n) is 5.89. The van der Waals surface area contributed by atoms with Gasteiger partial charge in [-0.25, -0.2) is 0 Å². The van der Waals surface area contributed by atoms with E-state index < -0.39 is 0 Å². The van der Waals surface area contributed by atoms with E-state index in [-0.39, 0.29) is 17.9 Å². The van der Waals surface area contributed by atoms with Gasteiger partial charge < -0.3 is 19.9 Å². The summed E-state index contributed by atoms with van der Waals surface area (Å²) in [4.78, 5) is 28.4. The molecule has 3 rings (SSSR count). The first-order chi connectivity index (χ1) is 13.1. The van der Waals surface area contributed by atoms with Crippen LogP contribution in [0.2, 0.25) is 0 Å². The molecule has 1 aromatic rings. The highest BCUT2D eigenvalue weighted by Crippen LogP contribution is 2.31. The van der Waals surface area contributed by atoms with E-state index in [9.17, 15) is 9.59 Å². The summed E-state index contributed by atoms with van der Waals surface area (Å²) in [7, 11) is 1.68. The van der Waals surface area contributed by atoms with E-state index in [1.54, 1.807) is 14.0 Å². The van der Waals surface area contributed by atoms with Gasteiger partial charge in [-0.2, -0.15) is 0 Å². The monoisotopic (exact) mass is 373 g/mol. The number of benzene rings is 1. The molecule has 2 heterocycles. The van der Waals surface area contributed by atoms with Crippen molar-refractivity contribution in [2.75, 3.05) is 39.8 Å². The topological polar surface area (TPSA) is 61.9 Å². The molecular formula is C21H31N3O3. The molecular weight excluding hydrogens is 342 g/mol. The summed E-state index contributed by atoms with van der Waals surface area (Å²) in [5.74, 6) is 1.75. The van der Waals surface area contributed by atoms with Crippen LogP contribution in [0.15, 0.2) is 24.3 Å². The zero-order valence-corrected chi connectivity index (χ0v) is 16.4. The lowest BCUT2D eigenvalue weighted by Gasteiger charge is -2.37. The van der Waals surface area contributed by atoms with Crippen molar-refractivity contribution in [3.05, 3.63) is 29.8 Å². The zero-order chi connectivity index (χ0) is 19.2. The molecule has 0 bridgehead atoms. The Morgan fingerprint density at radius 3 is 2.63 bits per heavy atom. The number of carbonyl (C=O) groups excluding carboxylic acids is 2. The molecule has 0 aliphatic carbocycles. The van der Waals surface area contributed by atoms with Gasteiger partial charge in [-0.3, -0.25) is 9.59 Å². The maximum Gasteiger partial charge on any atom is 0.223 e. The van der Waals surface area contributed by atoms with Crippen molar-refractivity contribution in [1.82, 2.24) is 15.1 Å². The molecule has 1 unspecified atom stereocenters. The number of piperidine rings is 1. The summed E-state index contributed by atoms with van der Waals surface area (Å²) >= 11 is 0. The molecule has 6 heteroatoms. The summed E-state index contributed by atoms with van der Waals surface area (Å²) in [6.45, 7) is 5.59. The van der Waals surface area contributed by atoms with Gasteiger partial charge in [0.05, 0.1) is 13.2 Å². The average molecular weight is 373 g/mol. The molecule has 1 N–H and O–H groups in total. The van der Waals surface area contributed by atoms with E-state index >= 15 is 0 Å². The molecule has 2 fully saturated rings. The Balaban J connectivity index is 1.58. The fourth-order valence-electron chi connectivity index (χ4n) is 4.23. The first-order valence-corrected chi connectivity index (χ1v) is 9.98. The van der Waals surface area contributed by atoms with E-state index in [4.69, 9.17) is 4.74 Å². The summed E-state index contributed by atoms with van der Waals surface area (Å²) < 4.78 is 5.51. The molecule has 0 aromatic heterocycles. The quantitative estimate of drug-likeness (QED) is 0.860. The van der Waals surface area contributed by atoms with E-state index in [1.165, 1.54) is 0 Å². The van der Waals surface area contributed by atoms with Gasteiger partial charge in [-0.05, 0) is 31.2 Å². The van der Waals surface area contributed by atoms with Crippen molar-refractivity contribution in [3.63, 3.8) is 0 Å². The van der Waals surface area contributed by atoms with E-state index in [2.05, 4.69) is 5.32 Å². The van der Waals surface area contributed by atoms with Gasteiger partial charge in [-0.1, -0.05) is 18.2 Å². The maximum atomic E-state index is 13.0. The Kier molecular flexibility index (Phi) is 6.72. The second-order valence-corrected chi connectivity index (χ2v) is 7.54. The number of nitrogens with one attached hydrogen (secondary N) is 1. The molecule has 0 radical (unpaired) electrons. The van der Waals surface area contributed by atoms with Crippen molar-refractivity contribution < 1.29 is 14.3 Å². The summed E-state index contributed by atoms with van der Waals surface area (Å²) in [6.07, 6.45) is 3.50. The van der Waals surface area contributed by atoms with Crippen molar-refractivity contribution in [3.8, 4) is 5.75 Å². The van der Waals surface area contributed by atoms with Crippen LogP contribution in [0.1, 0.15) is 44.2 Å². The van der Waals surface area contributed by atoms with Gasteiger partial charge in [0.1, 0.15) is 5.75 Å². The number of ether oxygens (including phenoxy) is 1. The summed E-state index contributed by atoms with van der Waals surface area (Å²) in [6, 6.07) is 7.97. The number of carbonyl (C=O) groups is 2. The van der Waals surface area contributed by atoms with Crippen LogP contribution in [-0.2, 0) is 9.59 Å². The highest BCUT2D eigenvalue weighted by Gasteiger charge is 2.30. The van der Waals surface area contributed by atoms with Crippen molar-refractivity contribution in [1.29, 1.82) is 0 Å². The van der Waals surface area contributed by atoms with Crippen molar-refractivity contribution in [2.24, 2.45) is 5.92 Å². The number of hydrogen-bond donors (Lipinski definition) is 1. The fourth-order valence-corrected chi connectivity index (χ4v) is 4.23. The van der Waals surface area contributed by atoms with Gasteiger partial charge in [0.15, 0.2) is 0 Å². The first-order valence-electron chi connectivity index (χ1n) is 9.98. The Bertz CT molecular complexity index is 656. The molecule has 27 heavy (non-hydrogen) atoms. The summed E-state index contributed by atoms with van der Waals surface area (Å²) in [5.41, 5.74) is 1.07. The number of hydrogen-bond acceptors (Lipinski definition) is 4. The predicted molar refractivity (Wildman–Crippen MR) is 105 cm³/mol. The first kappa shape index (κ1) is 19.7. The SMILES string of the molecule is COc1ccccc1C1CNCCN1C(=O)CCC1CCN(C(C)=O)CC1. The van der Waals surface area contributed by atoms with Crippen LogP contribution >= 0.6 is 0 Å². The highest BCUT2D eigenvalue weighted by atomic mass is 16.5. The normalized spacial score (nSPS) is 21.2. The Morgan fingerprint density at radius 1 is 1.19 bits per heavy atom. The van der Waals surface area contributed by atoms with Gasteiger partial charge in [0, 0.05) is 51.6 Å². The average Bonchev–Trinajstić information content (AvgIpc) is 2.72. The van der Waals surface area contributed by atoms with Crippen LogP contribution < -0.4 is 10.1 Å². The standard InChI is InChI=1S/C21H31N3O3/c1-16(25)23-12-9-17(10-13-23)7-8-21(26)24-14-11-22-15-19(24)18-5-3-4-6-20(18)27-2/h3-6,17,19,22H,7-15H2,1-2H3. The molecule has 2 saturated heterocycles. The minimum Gasteiger partial charge on any atom is -0.496 e. The van der Waals surface area contributed by atoms with E-state index in [0.717, 1.165) is 63.3 Å². The lowest BCUT2D eigenvalue weighted by molar-refractivity contribution is -0.135. The number of nitrogens with zero attached hydrogens (tertiary/aromatic N) is 2. The van der Waals surface area contributed by atoms with Crippen LogP contribution in [0.25, 0.3) is 0 Å². The maximum absolute atomic E-state index is 13.0. The van der Waals surface area contributed by atoms with Crippen molar-refractivity contribution >= 4 is 11.8 Å². The molecule has 1 aromatic carbocycles. The number of amides is 2. The van der Waals surface area contributed by atoms with Gasteiger partial charge in [0.2, 0.25) is 11.8 Å². The lowest BCUT2D eigenvalue weighted by Crippen LogP contribution is -2.48. The van der Waals surface area contributed by atoms with Crippen LogP contribution in [0, 0.1) is 5.92 Å². The second kappa shape index (κ2) is 9.22. The van der Waals surface area contributed by atoms with E-state index in [1.807, 2.05) is 34.1 Å². The number of para-hydroxylation sites is 1. The zero-order valence-electron chi connectivity index (χ0n) is 16.4. The third-order valence-corrected chi connectivity index (χ3v) is 5.89. The molecule has 0 saturated carbocycles. The third kappa shape index (κ3) is 4.80. The van der Waals surface area contributed by atoms with Crippen LogP contribution in [-0.4, -0.2) is 61.4 Å². The van der Waals surface area contributed by atoms with Gasteiger partial charge in [-0.15, -0.1) is 0 Å². The van der Waals surface area contributed by atoms with Crippen LogP contribution in [0.5, 0.6) is 5.75 Å². The van der Waals surface area contributed by atoms with Gasteiger partial charge in [0.25, 0.3) is 0 Å². The second-order valence-electron chi connectivity index (χ2n) is 7.54. The molecule has 6 nitrogen and oxygen atoms in total. The number of rotatable bonds is 5. The molecule has 148 valence electrons. The minimum atomic E-state index is 0.0157. The molecule has 0 spiro atoms. The predicted octanol–water partition coefficient (Wildman–Crippen LogP) is 2.21. The lowest BCUT2D eigenvalue weighted by atomic mass is 9.91. The molecule has 2 aliphatic rings. The smallest absolute Gasteiger partial charge is 0.223 e. The summed E-state index contributed by atoms with van der Waals surface area (Å²) in [5, 5.41) is 3.40. The number of likely N-dealkylation sites (tertiary alicyclic amines) is 1. The van der Waals surface area contributed by atoms with Crippen LogP contribution in [0.4, 0.5) is 0 Å². The number of methoxy groups -OCH3 is 1. The van der Waals surface area contributed by atoms with Crippen LogP contribution in [0.3, 0.4) is 0 Å². The molecule has 2 aliphatic heterocycles. The minimum absolute atomic E-state index is 0.0157. The van der Waals surface area contributed by atoms with Gasteiger partial charge >= 0.3 is 0 Å². The Hall–Kier alpha value is -2.08. The molecule has 1 atom stereocenters.